The maximum absolute atomic E-state index is 11.2. The molecule has 1 aliphatic carbocycles. The summed E-state index contributed by atoms with van der Waals surface area (Å²) < 4.78 is 0. The normalized spacial score (nSPS) is 36.1. The Bertz CT molecular complexity index is 298. The second-order valence-corrected chi connectivity index (χ2v) is 4.08. The first kappa shape index (κ1) is 9.37. The van der Waals surface area contributed by atoms with Gasteiger partial charge in [0.25, 0.3) is 5.91 Å². The average molecular weight is 194 g/mol. The molecule has 1 N–H and O–H groups in total. The minimum atomic E-state index is -0.129. The lowest BCUT2D eigenvalue weighted by molar-refractivity contribution is -0.123. The number of hydrogen-bond donors (Lipinski definition) is 1. The van der Waals surface area contributed by atoms with E-state index in [0.29, 0.717) is 0 Å². The number of nitrogens with one attached hydrogen (secondary N) is 1. The fourth-order valence-corrected chi connectivity index (χ4v) is 2.24. The van der Waals surface area contributed by atoms with Crippen LogP contribution in [-0.2, 0) is 9.59 Å². The van der Waals surface area contributed by atoms with Gasteiger partial charge in [0.2, 0.25) is 0 Å². The highest BCUT2D eigenvalue weighted by molar-refractivity contribution is 6.26. The van der Waals surface area contributed by atoms with Gasteiger partial charge in [-0.2, -0.15) is 0 Å². The van der Waals surface area contributed by atoms with Gasteiger partial charge in [-0.15, -0.1) is 0 Å². The highest BCUT2D eigenvalue weighted by Crippen LogP contribution is 2.28. The Labute approximate surface area is 82.8 Å². The summed E-state index contributed by atoms with van der Waals surface area (Å²) in [6.45, 7) is 1.62. The summed E-state index contributed by atoms with van der Waals surface area (Å²) in [7, 11) is 0. The summed E-state index contributed by atoms with van der Waals surface area (Å²) >= 11 is 0. The molecular weight excluding hydrogens is 180 g/mol. The van der Waals surface area contributed by atoms with Gasteiger partial charge in [0, 0.05) is 5.92 Å². The van der Waals surface area contributed by atoms with Crippen LogP contribution >= 0.6 is 0 Å². The third kappa shape index (κ3) is 1.69. The molecule has 0 bridgehead atoms. The van der Waals surface area contributed by atoms with Crippen molar-refractivity contribution >= 4 is 17.9 Å². The number of nitrogens with zero attached hydrogens (tertiary/aromatic N) is 1. The van der Waals surface area contributed by atoms with Crippen molar-refractivity contribution in [2.24, 2.45) is 10.9 Å². The lowest BCUT2D eigenvalue weighted by atomic mass is 9.80. The molecule has 14 heavy (non-hydrogen) atoms. The van der Waals surface area contributed by atoms with Crippen LogP contribution in [0.1, 0.15) is 26.2 Å². The molecule has 4 heteroatoms. The Morgan fingerprint density at radius 1 is 1.57 bits per heavy atom. The van der Waals surface area contributed by atoms with Gasteiger partial charge in [-0.1, -0.05) is 0 Å². The van der Waals surface area contributed by atoms with Gasteiger partial charge in [0.1, 0.15) is 5.78 Å². The summed E-state index contributed by atoms with van der Waals surface area (Å²) in [5.74, 6) is 0.215. The highest BCUT2D eigenvalue weighted by Gasteiger charge is 2.34. The van der Waals surface area contributed by atoms with E-state index in [0.717, 1.165) is 19.3 Å². The van der Waals surface area contributed by atoms with E-state index in [2.05, 4.69) is 10.3 Å². The molecule has 0 saturated heterocycles. The lowest BCUT2D eigenvalue weighted by Crippen LogP contribution is -2.50. The minimum absolute atomic E-state index is 0.0788. The second-order valence-electron chi connectivity index (χ2n) is 4.08. The van der Waals surface area contributed by atoms with Crippen LogP contribution in [-0.4, -0.2) is 30.0 Å². The molecule has 0 aromatic carbocycles. The van der Waals surface area contributed by atoms with E-state index >= 15 is 0 Å². The van der Waals surface area contributed by atoms with Gasteiger partial charge < -0.3 is 5.32 Å². The summed E-state index contributed by atoms with van der Waals surface area (Å²) in [4.78, 5) is 26.4. The van der Waals surface area contributed by atoms with Crippen molar-refractivity contribution in [3.05, 3.63) is 0 Å². The van der Waals surface area contributed by atoms with Crippen LogP contribution in [0.4, 0.5) is 0 Å². The third-order valence-electron chi connectivity index (χ3n) is 3.10. The Hall–Kier alpha value is -1.19. The van der Waals surface area contributed by atoms with Gasteiger partial charge in [0.15, 0.2) is 0 Å². The molecule has 1 heterocycles. The number of Topliss-reactive ketones (excluding diaryl/α,β-unsaturated/α-hetero) is 1. The van der Waals surface area contributed by atoms with Crippen LogP contribution in [0.3, 0.4) is 0 Å². The molecule has 0 aromatic heterocycles. The molecule has 0 spiro atoms. The Morgan fingerprint density at radius 3 is 3.07 bits per heavy atom. The zero-order valence-corrected chi connectivity index (χ0v) is 8.19. The molecule has 2 aliphatic rings. The predicted molar refractivity (Wildman–Crippen MR) is 52.2 cm³/mol. The van der Waals surface area contributed by atoms with E-state index in [4.69, 9.17) is 0 Å². The topological polar surface area (TPSA) is 58.5 Å². The zero-order valence-electron chi connectivity index (χ0n) is 8.19. The van der Waals surface area contributed by atoms with Crippen molar-refractivity contribution in [1.29, 1.82) is 0 Å². The monoisotopic (exact) mass is 194 g/mol. The van der Waals surface area contributed by atoms with E-state index in [1.54, 1.807) is 6.92 Å². The Kier molecular flexibility index (Phi) is 2.35. The van der Waals surface area contributed by atoms with Crippen molar-refractivity contribution in [2.45, 2.75) is 38.3 Å². The van der Waals surface area contributed by atoms with Gasteiger partial charge in [-0.05, 0) is 26.2 Å². The number of amides is 1. The van der Waals surface area contributed by atoms with E-state index in [9.17, 15) is 9.59 Å². The summed E-state index contributed by atoms with van der Waals surface area (Å²) in [6, 6.07) is 0.276. The number of ketones is 1. The molecular formula is C10H14N2O2. The maximum atomic E-state index is 11.2. The average Bonchev–Trinajstić information content (AvgIpc) is 2.16. The number of aliphatic imine (C=N–C) groups is 1. The molecule has 1 amide bonds. The van der Waals surface area contributed by atoms with Crippen LogP contribution in [0.25, 0.3) is 0 Å². The summed E-state index contributed by atoms with van der Waals surface area (Å²) in [6.07, 6.45) is 3.92. The zero-order chi connectivity index (χ0) is 10.1. The molecule has 3 atom stereocenters. The van der Waals surface area contributed by atoms with E-state index in [1.807, 2.05) is 0 Å². The molecule has 1 saturated carbocycles. The fourth-order valence-electron chi connectivity index (χ4n) is 2.24. The van der Waals surface area contributed by atoms with Gasteiger partial charge in [-0.3, -0.25) is 14.6 Å². The number of rotatable bonds is 1. The first-order valence-electron chi connectivity index (χ1n) is 5.01. The summed E-state index contributed by atoms with van der Waals surface area (Å²) in [5, 5.41) is 2.86. The maximum Gasteiger partial charge on any atom is 0.262 e. The number of carbonyl (C=O) groups is 2. The van der Waals surface area contributed by atoms with Crippen molar-refractivity contribution in [2.75, 3.05) is 0 Å². The SMILES string of the molecule is CC(=O)C1CCC2N=CC(=O)NC2C1. The molecule has 1 aliphatic heterocycles. The largest absolute Gasteiger partial charge is 0.346 e. The molecule has 0 radical (unpaired) electrons. The van der Waals surface area contributed by atoms with Gasteiger partial charge >= 0.3 is 0 Å². The predicted octanol–water partition coefficient (Wildman–Crippen LogP) is 0.313. The van der Waals surface area contributed by atoms with Crippen molar-refractivity contribution < 1.29 is 9.59 Å². The van der Waals surface area contributed by atoms with E-state index in [1.165, 1.54) is 6.21 Å². The molecule has 3 unspecified atom stereocenters. The first-order chi connectivity index (χ1) is 6.66. The molecule has 76 valence electrons. The van der Waals surface area contributed by atoms with E-state index < -0.39 is 0 Å². The van der Waals surface area contributed by atoms with Crippen LogP contribution in [0.2, 0.25) is 0 Å². The van der Waals surface area contributed by atoms with Crippen LogP contribution < -0.4 is 5.32 Å². The highest BCUT2D eigenvalue weighted by atomic mass is 16.1. The molecule has 4 nitrogen and oxygen atoms in total. The Balaban J connectivity index is 2.06. The third-order valence-corrected chi connectivity index (χ3v) is 3.10. The number of hydrogen-bond acceptors (Lipinski definition) is 3. The smallest absolute Gasteiger partial charge is 0.262 e. The van der Waals surface area contributed by atoms with Gasteiger partial charge in [-0.25, -0.2) is 0 Å². The minimum Gasteiger partial charge on any atom is -0.346 e. The molecule has 0 aromatic rings. The first-order valence-corrected chi connectivity index (χ1v) is 5.01. The summed E-state index contributed by atoms with van der Waals surface area (Å²) in [5.41, 5.74) is 0. The molecule has 2 rings (SSSR count). The van der Waals surface area contributed by atoms with E-state index in [-0.39, 0.29) is 29.7 Å². The fraction of sp³-hybridized carbons (Fsp3) is 0.700. The second kappa shape index (κ2) is 3.52. The quantitative estimate of drug-likeness (QED) is 0.653. The standard InChI is InChI=1S/C10H14N2O2/c1-6(13)7-2-3-8-9(4-7)12-10(14)5-11-8/h5,7-9H,2-4H2,1H3,(H,12,14). The van der Waals surface area contributed by atoms with Gasteiger partial charge in [0.05, 0.1) is 18.3 Å². The van der Waals surface area contributed by atoms with Crippen LogP contribution in [0.5, 0.6) is 0 Å². The number of fused-ring (bicyclic) bond motifs is 1. The van der Waals surface area contributed by atoms with Crippen LogP contribution in [0, 0.1) is 5.92 Å². The molecule has 1 fully saturated rings. The number of carbonyl (C=O) groups excluding carboxylic acids is 2. The van der Waals surface area contributed by atoms with Crippen molar-refractivity contribution in [3.63, 3.8) is 0 Å². The Morgan fingerprint density at radius 2 is 2.36 bits per heavy atom. The van der Waals surface area contributed by atoms with Crippen molar-refractivity contribution in [3.8, 4) is 0 Å². The van der Waals surface area contributed by atoms with Crippen molar-refractivity contribution in [1.82, 2.24) is 5.32 Å². The lowest BCUT2D eigenvalue weighted by Gasteiger charge is -2.35. The van der Waals surface area contributed by atoms with Crippen LogP contribution in [0.15, 0.2) is 4.99 Å².